The number of carbonyl (C=O) groups is 2. The fraction of sp³-hybridized carbons (Fsp3) is 0.0435. The maximum atomic E-state index is 13.2. The third kappa shape index (κ3) is 3.44. The fourth-order valence-corrected chi connectivity index (χ4v) is 4.02. The van der Waals surface area contributed by atoms with Crippen LogP contribution in [0.15, 0.2) is 94.4 Å². The number of allylic oxidation sites excluding steroid dienone is 2. The van der Waals surface area contributed by atoms with Gasteiger partial charge in [-0.1, -0.05) is 60.3 Å². The van der Waals surface area contributed by atoms with Crippen LogP contribution in [0.5, 0.6) is 5.75 Å². The van der Waals surface area contributed by atoms with E-state index in [2.05, 4.69) is 5.32 Å². The van der Waals surface area contributed by atoms with Gasteiger partial charge in [-0.25, -0.2) is 0 Å². The van der Waals surface area contributed by atoms with E-state index in [1.54, 1.807) is 31.4 Å². The number of para-hydroxylation sites is 1. The number of fused-ring (bicyclic) bond motifs is 1. The number of nitrogens with one attached hydrogen (secondary N) is 1. The molecule has 138 valence electrons. The van der Waals surface area contributed by atoms with Crippen molar-refractivity contribution in [2.24, 2.45) is 0 Å². The first-order valence-corrected chi connectivity index (χ1v) is 9.55. The molecule has 0 saturated carbocycles. The molecule has 0 unspecified atom stereocenters. The first-order valence-electron chi connectivity index (χ1n) is 8.74. The number of hydrogen-bond donors (Lipinski definition) is 1. The predicted molar refractivity (Wildman–Crippen MR) is 111 cm³/mol. The van der Waals surface area contributed by atoms with E-state index in [0.29, 0.717) is 27.5 Å². The number of benzene rings is 3. The molecule has 0 amide bonds. The van der Waals surface area contributed by atoms with Gasteiger partial charge in [0, 0.05) is 21.7 Å². The molecule has 3 aromatic carbocycles. The van der Waals surface area contributed by atoms with Crippen LogP contribution in [0.4, 0.5) is 5.69 Å². The Balaban J connectivity index is 1.81. The molecule has 0 bridgehead atoms. The van der Waals surface area contributed by atoms with Crippen LogP contribution >= 0.6 is 11.8 Å². The van der Waals surface area contributed by atoms with Crippen LogP contribution in [0.2, 0.25) is 0 Å². The van der Waals surface area contributed by atoms with Crippen LogP contribution in [0.1, 0.15) is 20.7 Å². The second-order valence-electron chi connectivity index (χ2n) is 6.18. The van der Waals surface area contributed by atoms with Crippen LogP contribution in [0, 0.1) is 0 Å². The Morgan fingerprint density at radius 1 is 0.786 bits per heavy atom. The lowest BCUT2D eigenvalue weighted by Gasteiger charge is -2.22. The van der Waals surface area contributed by atoms with Gasteiger partial charge in [-0.2, -0.15) is 0 Å². The number of ketones is 2. The second kappa shape index (κ2) is 7.74. The van der Waals surface area contributed by atoms with Crippen molar-refractivity contribution in [1.82, 2.24) is 0 Å². The number of methoxy groups -OCH3 is 1. The van der Waals surface area contributed by atoms with Crippen LogP contribution in [0.3, 0.4) is 0 Å². The summed E-state index contributed by atoms with van der Waals surface area (Å²) in [5.74, 6) is 0.337. The quantitative estimate of drug-likeness (QED) is 0.653. The number of carbonyl (C=O) groups excluding carboxylic acids is 2. The van der Waals surface area contributed by atoms with Gasteiger partial charge in [0.15, 0.2) is 0 Å². The molecule has 0 atom stereocenters. The summed E-state index contributed by atoms with van der Waals surface area (Å²) in [7, 11) is 1.59. The summed E-state index contributed by atoms with van der Waals surface area (Å²) in [6.07, 6.45) is 0. The molecule has 0 saturated heterocycles. The molecule has 0 heterocycles. The van der Waals surface area contributed by atoms with Crippen molar-refractivity contribution in [1.29, 1.82) is 0 Å². The Hall–Kier alpha value is -3.31. The average molecular weight is 387 g/mol. The summed E-state index contributed by atoms with van der Waals surface area (Å²) in [6, 6.07) is 23.7. The maximum Gasteiger partial charge on any atom is 0.211 e. The predicted octanol–water partition coefficient (Wildman–Crippen LogP) is 5.19. The van der Waals surface area contributed by atoms with Gasteiger partial charge in [-0.05, 0) is 30.3 Å². The van der Waals surface area contributed by atoms with Crippen molar-refractivity contribution in [3.05, 3.63) is 101 Å². The minimum Gasteiger partial charge on any atom is -0.497 e. The Morgan fingerprint density at radius 2 is 1.46 bits per heavy atom. The van der Waals surface area contributed by atoms with Crippen molar-refractivity contribution < 1.29 is 14.3 Å². The smallest absolute Gasteiger partial charge is 0.211 e. The van der Waals surface area contributed by atoms with Gasteiger partial charge in [0.1, 0.15) is 11.4 Å². The van der Waals surface area contributed by atoms with Gasteiger partial charge in [-0.3, -0.25) is 9.59 Å². The van der Waals surface area contributed by atoms with Crippen LogP contribution < -0.4 is 10.1 Å². The van der Waals surface area contributed by atoms with Crippen LogP contribution in [0.25, 0.3) is 0 Å². The lowest BCUT2D eigenvalue weighted by atomic mass is 9.92. The molecule has 0 radical (unpaired) electrons. The third-order valence-electron chi connectivity index (χ3n) is 4.38. The Labute approximate surface area is 167 Å². The molecule has 3 aromatic rings. The van der Waals surface area contributed by atoms with Gasteiger partial charge < -0.3 is 10.1 Å². The molecule has 4 rings (SSSR count). The molecule has 4 nitrogen and oxygen atoms in total. The number of Topliss-reactive ketones (excluding diaryl/α,β-unsaturated/α-hetero) is 2. The number of hydrogen-bond acceptors (Lipinski definition) is 5. The van der Waals surface area contributed by atoms with E-state index in [4.69, 9.17) is 4.74 Å². The van der Waals surface area contributed by atoms with E-state index in [1.165, 1.54) is 11.8 Å². The lowest BCUT2D eigenvalue weighted by Crippen LogP contribution is -2.25. The zero-order valence-electron chi connectivity index (χ0n) is 15.1. The molecule has 5 heteroatoms. The lowest BCUT2D eigenvalue weighted by molar-refractivity contribution is 0.0982. The number of thioether (sulfide) groups is 1. The number of anilines is 1. The van der Waals surface area contributed by atoms with E-state index >= 15 is 0 Å². The summed E-state index contributed by atoms with van der Waals surface area (Å²) in [4.78, 5) is 27.6. The van der Waals surface area contributed by atoms with Crippen molar-refractivity contribution in [2.75, 3.05) is 12.4 Å². The van der Waals surface area contributed by atoms with Crippen molar-refractivity contribution in [3.63, 3.8) is 0 Å². The Kier molecular flexibility index (Phi) is 5.00. The van der Waals surface area contributed by atoms with Crippen molar-refractivity contribution >= 4 is 29.0 Å². The molecule has 1 aliphatic rings. The molecule has 0 aliphatic heterocycles. The molecule has 0 aromatic heterocycles. The van der Waals surface area contributed by atoms with Gasteiger partial charge in [0.25, 0.3) is 0 Å². The number of rotatable bonds is 5. The molecular formula is C23H17NO3S. The van der Waals surface area contributed by atoms with Crippen molar-refractivity contribution in [3.8, 4) is 5.75 Å². The summed E-state index contributed by atoms with van der Waals surface area (Å²) >= 11 is 1.26. The van der Waals surface area contributed by atoms with Gasteiger partial charge in [0.05, 0.1) is 12.0 Å². The van der Waals surface area contributed by atoms with E-state index in [-0.39, 0.29) is 11.6 Å². The highest BCUT2D eigenvalue weighted by molar-refractivity contribution is 8.04. The largest absolute Gasteiger partial charge is 0.497 e. The first-order chi connectivity index (χ1) is 13.7. The summed E-state index contributed by atoms with van der Waals surface area (Å²) in [5.41, 5.74) is 1.89. The molecule has 1 aliphatic carbocycles. The molecular weight excluding hydrogens is 370 g/mol. The van der Waals surface area contributed by atoms with E-state index in [9.17, 15) is 9.59 Å². The van der Waals surface area contributed by atoms with E-state index < -0.39 is 0 Å². The highest BCUT2D eigenvalue weighted by atomic mass is 32.2. The summed E-state index contributed by atoms with van der Waals surface area (Å²) < 4.78 is 5.27. The number of ether oxygens (including phenoxy) is 1. The SMILES string of the molecule is COc1cccc(SC2=C(Nc3ccccc3)C(=O)c3ccccc3C2=O)c1. The normalized spacial score (nSPS) is 13.3. The maximum absolute atomic E-state index is 13.2. The Bertz CT molecular complexity index is 1090. The molecule has 1 N–H and O–H groups in total. The minimum atomic E-state index is -0.190. The van der Waals surface area contributed by atoms with Gasteiger partial charge in [0.2, 0.25) is 11.6 Å². The molecule has 28 heavy (non-hydrogen) atoms. The van der Waals surface area contributed by atoms with Gasteiger partial charge in [-0.15, -0.1) is 0 Å². The zero-order chi connectivity index (χ0) is 19.5. The standard InChI is InChI=1S/C23H17NO3S/c1-27-16-10-7-11-17(14-16)28-23-20(24-15-8-3-2-4-9-15)21(25)18-12-5-6-13-19(18)22(23)26/h2-14,24H,1H3. The fourth-order valence-electron chi connectivity index (χ4n) is 3.01. The minimum absolute atomic E-state index is 0.165. The molecule has 0 spiro atoms. The second-order valence-corrected chi connectivity index (χ2v) is 7.26. The van der Waals surface area contributed by atoms with E-state index in [0.717, 1.165) is 10.6 Å². The summed E-state index contributed by atoms with van der Waals surface area (Å²) in [5, 5.41) is 3.16. The van der Waals surface area contributed by atoms with E-state index in [1.807, 2.05) is 54.6 Å². The zero-order valence-corrected chi connectivity index (χ0v) is 16.0. The molecule has 0 fully saturated rings. The first kappa shape index (κ1) is 18.1. The summed E-state index contributed by atoms with van der Waals surface area (Å²) in [6.45, 7) is 0. The van der Waals surface area contributed by atoms with Gasteiger partial charge >= 0.3 is 0 Å². The van der Waals surface area contributed by atoms with Crippen LogP contribution in [-0.2, 0) is 0 Å². The Morgan fingerprint density at radius 3 is 2.18 bits per heavy atom. The topological polar surface area (TPSA) is 55.4 Å². The average Bonchev–Trinajstić information content (AvgIpc) is 2.75. The third-order valence-corrected chi connectivity index (χ3v) is 5.46. The van der Waals surface area contributed by atoms with Crippen molar-refractivity contribution in [2.45, 2.75) is 4.90 Å². The monoisotopic (exact) mass is 387 g/mol. The van der Waals surface area contributed by atoms with Crippen LogP contribution in [-0.4, -0.2) is 18.7 Å². The highest BCUT2D eigenvalue weighted by Crippen LogP contribution is 2.38. The highest BCUT2D eigenvalue weighted by Gasteiger charge is 2.32.